The van der Waals surface area contributed by atoms with E-state index in [2.05, 4.69) is 22.0 Å². The first-order chi connectivity index (χ1) is 11.3. The summed E-state index contributed by atoms with van der Waals surface area (Å²) in [5.74, 6) is 0.168. The first kappa shape index (κ1) is 14.5. The lowest BCUT2D eigenvalue weighted by Crippen LogP contribution is -2.51. The molecule has 1 aromatic heterocycles. The van der Waals surface area contributed by atoms with E-state index in [0.29, 0.717) is 0 Å². The van der Waals surface area contributed by atoms with E-state index < -0.39 is 0 Å². The number of carbonyl (C=O) groups is 1. The summed E-state index contributed by atoms with van der Waals surface area (Å²) >= 11 is 0. The number of fused-ring (bicyclic) bond motifs is 1. The third-order valence-electron chi connectivity index (χ3n) is 4.76. The smallest absolute Gasteiger partial charge is 0.251 e. The molecule has 1 unspecified atom stereocenters. The zero-order valence-electron chi connectivity index (χ0n) is 13.1. The maximum Gasteiger partial charge on any atom is 0.251 e. The van der Waals surface area contributed by atoms with E-state index in [-0.39, 0.29) is 12.0 Å². The molecule has 2 aromatic rings. The number of pyridine rings is 1. The summed E-state index contributed by atoms with van der Waals surface area (Å²) in [6, 6.07) is 10.3. The molecule has 1 atom stereocenters. The Morgan fingerprint density at radius 2 is 1.96 bits per heavy atom. The number of hydrogen-bond donors (Lipinski definition) is 0. The number of piperazine rings is 1. The molecule has 0 N–H and O–H groups in total. The summed E-state index contributed by atoms with van der Waals surface area (Å²) in [6.45, 7) is 3.95. The molecule has 0 radical (unpaired) electrons. The van der Waals surface area contributed by atoms with Gasteiger partial charge in [0, 0.05) is 50.1 Å². The van der Waals surface area contributed by atoms with Gasteiger partial charge in [-0.1, -0.05) is 18.2 Å². The van der Waals surface area contributed by atoms with Crippen molar-refractivity contribution >= 4 is 22.5 Å². The lowest BCUT2D eigenvalue weighted by Gasteiger charge is -2.37. The van der Waals surface area contributed by atoms with Crippen LogP contribution in [0.5, 0.6) is 0 Å². The van der Waals surface area contributed by atoms with Crippen molar-refractivity contribution in [1.82, 2.24) is 9.88 Å². The zero-order chi connectivity index (χ0) is 15.6. The normalized spacial score (nSPS) is 21.8. The van der Waals surface area contributed by atoms with E-state index in [1.807, 2.05) is 29.3 Å². The summed E-state index contributed by atoms with van der Waals surface area (Å²) in [7, 11) is 0. The largest absolute Gasteiger partial charge is 0.368 e. The quantitative estimate of drug-likeness (QED) is 0.852. The number of carbonyl (C=O) groups excluding carboxylic acids is 1. The Morgan fingerprint density at radius 3 is 2.74 bits per heavy atom. The molecule has 5 nitrogen and oxygen atoms in total. The second kappa shape index (κ2) is 6.16. The molecule has 120 valence electrons. The van der Waals surface area contributed by atoms with E-state index in [4.69, 9.17) is 4.74 Å². The molecule has 2 aliphatic rings. The topological polar surface area (TPSA) is 45.7 Å². The fraction of sp³-hybridized carbons (Fsp3) is 0.444. The van der Waals surface area contributed by atoms with Crippen molar-refractivity contribution in [1.29, 1.82) is 0 Å². The monoisotopic (exact) mass is 311 g/mol. The van der Waals surface area contributed by atoms with Gasteiger partial charge in [0.1, 0.15) is 6.10 Å². The Balaban J connectivity index is 1.47. The molecule has 0 saturated carbocycles. The fourth-order valence-corrected chi connectivity index (χ4v) is 3.50. The van der Waals surface area contributed by atoms with Crippen molar-refractivity contribution in [2.24, 2.45) is 0 Å². The van der Waals surface area contributed by atoms with Crippen LogP contribution in [0.1, 0.15) is 12.8 Å². The van der Waals surface area contributed by atoms with Gasteiger partial charge < -0.3 is 14.5 Å². The molecule has 1 aromatic carbocycles. The first-order valence-electron chi connectivity index (χ1n) is 8.32. The molecule has 23 heavy (non-hydrogen) atoms. The minimum absolute atomic E-state index is 0.168. The number of para-hydroxylation sites is 1. The van der Waals surface area contributed by atoms with Gasteiger partial charge in [-0.3, -0.25) is 9.78 Å². The van der Waals surface area contributed by atoms with Crippen LogP contribution in [0.3, 0.4) is 0 Å². The number of nitrogens with zero attached hydrogens (tertiary/aromatic N) is 3. The van der Waals surface area contributed by atoms with Crippen molar-refractivity contribution in [2.75, 3.05) is 37.7 Å². The van der Waals surface area contributed by atoms with Gasteiger partial charge in [0.25, 0.3) is 5.91 Å². The molecule has 3 heterocycles. The SMILES string of the molecule is O=C(C1CCCO1)N1CCN(c2ccnc3ccccc23)CC1. The zero-order valence-corrected chi connectivity index (χ0v) is 13.1. The van der Waals surface area contributed by atoms with Gasteiger partial charge in [-0.25, -0.2) is 0 Å². The highest BCUT2D eigenvalue weighted by Gasteiger charge is 2.30. The van der Waals surface area contributed by atoms with Gasteiger partial charge in [0.05, 0.1) is 5.52 Å². The van der Waals surface area contributed by atoms with E-state index in [1.54, 1.807) is 0 Å². The van der Waals surface area contributed by atoms with Gasteiger partial charge in [-0.2, -0.15) is 0 Å². The average Bonchev–Trinajstić information content (AvgIpc) is 3.15. The van der Waals surface area contributed by atoms with Crippen LogP contribution in [0.2, 0.25) is 0 Å². The highest BCUT2D eigenvalue weighted by Crippen LogP contribution is 2.26. The molecule has 0 aliphatic carbocycles. The van der Waals surface area contributed by atoms with Crippen LogP contribution >= 0.6 is 0 Å². The summed E-state index contributed by atoms with van der Waals surface area (Å²) in [5, 5.41) is 1.17. The van der Waals surface area contributed by atoms with E-state index in [0.717, 1.165) is 51.1 Å². The van der Waals surface area contributed by atoms with Crippen LogP contribution in [0, 0.1) is 0 Å². The Hall–Kier alpha value is -2.14. The molecular weight excluding hydrogens is 290 g/mol. The van der Waals surface area contributed by atoms with Crippen LogP contribution in [0.25, 0.3) is 10.9 Å². The summed E-state index contributed by atoms with van der Waals surface area (Å²) in [4.78, 5) is 21.2. The lowest BCUT2D eigenvalue weighted by atomic mass is 10.1. The maximum atomic E-state index is 12.4. The number of benzene rings is 1. The van der Waals surface area contributed by atoms with E-state index in [9.17, 15) is 4.79 Å². The highest BCUT2D eigenvalue weighted by molar-refractivity contribution is 5.91. The van der Waals surface area contributed by atoms with Gasteiger partial charge >= 0.3 is 0 Å². The molecular formula is C18H21N3O2. The third kappa shape index (κ3) is 2.77. The Labute approximate surface area is 135 Å². The number of amides is 1. The molecule has 4 rings (SSSR count). The summed E-state index contributed by atoms with van der Waals surface area (Å²) in [5.41, 5.74) is 2.22. The molecule has 0 spiro atoms. The second-order valence-electron chi connectivity index (χ2n) is 6.16. The van der Waals surface area contributed by atoms with Crippen LogP contribution in [0.15, 0.2) is 36.5 Å². The summed E-state index contributed by atoms with van der Waals surface area (Å²) < 4.78 is 5.52. The Kier molecular flexibility index (Phi) is 3.87. The predicted molar refractivity (Wildman–Crippen MR) is 89.5 cm³/mol. The van der Waals surface area contributed by atoms with Crippen molar-refractivity contribution in [2.45, 2.75) is 18.9 Å². The Bertz CT molecular complexity index is 699. The highest BCUT2D eigenvalue weighted by atomic mass is 16.5. The van der Waals surface area contributed by atoms with Gasteiger partial charge in [0.2, 0.25) is 0 Å². The number of ether oxygens (including phenoxy) is 1. The van der Waals surface area contributed by atoms with Crippen LogP contribution < -0.4 is 4.90 Å². The van der Waals surface area contributed by atoms with Crippen molar-refractivity contribution < 1.29 is 9.53 Å². The van der Waals surface area contributed by atoms with Gasteiger partial charge in [-0.05, 0) is 25.0 Å². The minimum atomic E-state index is -0.205. The first-order valence-corrected chi connectivity index (χ1v) is 8.32. The molecule has 2 aliphatic heterocycles. The van der Waals surface area contributed by atoms with Crippen LogP contribution in [-0.4, -0.2) is 54.7 Å². The van der Waals surface area contributed by atoms with Gasteiger partial charge in [0.15, 0.2) is 0 Å². The predicted octanol–water partition coefficient (Wildman–Crippen LogP) is 2.06. The molecule has 2 saturated heterocycles. The number of aromatic nitrogens is 1. The Morgan fingerprint density at radius 1 is 1.13 bits per heavy atom. The van der Waals surface area contributed by atoms with Crippen LogP contribution in [-0.2, 0) is 9.53 Å². The van der Waals surface area contributed by atoms with Crippen molar-refractivity contribution in [3.63, 3.8) is 0 Å². The molecule has 0 bridgehead atoms. The number of rotatable bonds is 2. The molecule has 1 amide bonds. The minimum Gasteiger partial charge on any atom is -0.368 e. The van der Waals surface area contributed by atoms with Crippen molar-refractivity contribution in [3.8, 4) is 0 Å². The van der Waals surface area contributed by atoms with Gasteiger partial charge in [-0.15, -0.1) is 0 Å². The lowest BCUT2D eigenvalue weighted by molar-refractivity contribution is -0.141. The van der Waals surface area contributed by atoms with Crippen LogP contribution in [0.4, 0.5) is 5.69 Å². The fourth-order valence-electron chi connectivity index (χ4n) is 3.50. The standard InChI is InChI=1S/C18H21N3O2/c22-18(17-6-3-13-23-17)21-11-9-20(10-12-21)16-7-8-19-15-5-2-1-4-14(15)16/h1-2,4-5,7-8,17H,3,6,9-13H2. The molecule has 2 fully saturated rings. The molecule has 5 heteroatoms. The number of hydrogen-bond acceptors (Lipinski definition) is 4. The maximum absolute atomic E-state index is 12.4. The van der Waals surface area contributed by atoms with E-state index in [1.165, 1.54) is 11.1 Å². The average molecular weight is 311 g/mol. The number of anilines is 1. The van der Waals surface area contributed by atoms with E-state index >= 15 is 0 Å². The van der Waals surface area contributed by atoms with Crippen molar-refractivity contribution in [3.05, 3.63) is 36.5 Å². The second-order valence-corrected chi connectivity index (χ2v) is 6.16. The third-order valence-corrected chi connectivity index (χ3v) is 4.76. The summed E-state index contributed by atoms with van der Waals surface area (Å²) in [6.07, 6.45) is 3.53.